The Labute approximate surface area is 109 Å². The van der Waals surface area contributed by atoms with E-state index in [2.05, 4.69) is 15.0 Å². The molecule has 0 aliphatic heterocycles. The molecule has 0 saturated carbocycles. The molecular weight excluding hydrogens is 261 g/mol. The lowest BCUT2D eigenvalue weighted by molar-refractivity contribution is 0.111. The fourth-order valence-corrected chi connectivity index (χ4v) is 1.81. The molecule has 0 radical (unpaired) electrons. The molecule has 4 nitrogen and oxygen atoms in total. The van der Waals surface area contributed by atoms with E-state index < -0.39 is 0 Å². The van der Waals surface area contributed by atoms with Crippen LogP contribution in [0.2, 0.25) is 10.2 Å². The molecule has 0 aromatic carbocycles. The zero-order valence-electron chi connectivity index (χ0n) is 9.63. The lowest BCUT2D eigenvalue weighted by atomic mass is 10.2. The first-order chi connectivity index (χ1) is 8.10. The van der Waals surface area contributed by atoms with Gasteiger partial charge in [-0.2, -0.15) is 0 Å². The minimum atomic E-state index is 0.211. The third-order valence-corrected chi connectivity index (χ3v) is 3.30. The average Bonchev–Trinajstić information content (AvgIpc) is 2.68. The first-order valence-corrected chi connectivity index (χ1v) is 6.09. The van der Waals surface area contributed by atoms with Crippen molar-refractivity contribution in [1.82, 2.24) is 15.0 Å². The molecule has 0 aliphatic rings. The maximum absolute atomic E-state index is 5.88. The standard InChI is InChI=1S/C11H13Cl2N3O/c1-6(17-2)3-4-9-14-8-5-7(12)10(13)16-11(8)15-9/h5-6H,3-4H2,1-2H3,(H,14,15,16). The minimum absolute atomic E-state index is 0.211. The largest absolute Gasteiger partial charge is 0.382 e. The number of pyridine rings is 1. The SMILES string of the molecule is COC(C)CCc1nc2nc(Cl)c(Cl)cc2[nH]1. The number of fused-ring (bicyclic) bond motifs is 1. The highest BCUT2D eigenvalue weighted by Crippen LogP contribution is 2.23. The Bertz CT molecular complexity index is 488. The lowest BCUT2D eigenvalue weighted by Crippen LogP contribution is -2.06. The zero-order chi connectivity index (χ0) is 12.4. The van der Waals surface area contributed by atoms with Crippen LogP contribution in [0.3, 0.4) is 0 Å². The number of methoxy groups -OCH3 is 1. The van der Waals surface area contributed by atoms with E-state index in [-0.39, 0.29) is 11.3 Å². The number of rotatable bonds is 4. The van der Waals surface area contributed by atoms with Crippen molar-refractivity contribution in [3.8, 4) is 0 Å². The second kappa shape index (κ2) is 5.21. The number of nitrogens with one attached hydrogen (secondary N) is 1. The Morgan fingerprint density at radius 2 is 2.18 bits per heavy atom. The summed E-state index contributed by atoms with van der Waals surface area (Å²) in [6.45, 7) is 2.02. The zero-order valence-corrected chi connectivity index (χ0v) is 11.1. The molecule has 0 bridgehead atoms. The Hall–Kier alpha value is -0.840. The number of nitrogens with zero attached hydrogens (tertiary/aromatic N) is 2. The summed E-state index contributed by atoms with van der Waals surface area (Å²) >= 11 is 11.7. The summed E-state index contributed by atoms with van der Waals surface area (Å²) in [5, 5.41) is 0.710. The second-order valence-electron chi connectivity index (χ2n) is 3.90. The van der Waals surface area contributed by atoms with E-state index in [4.69, 9.17) is 27.9 Å². The van der Waals surface area contributed by atoms with Crippen molar-refractivity contribution in [1.29, 1.82) is 0 Å². The van der Waals surface area contributed by atoms with E-state index in [1.165, 1.54) is 0 Å². The van der Waals surface area contributed by atoms with Crippen molar-refractivity contribution in [2.75, 3.05) is 7.11 Å². The van der Waals surface area contributed by atoms with Crippen LogP contribution in [-0.2, 0) is 11.2 Å². The summed E-state index contributed by atoms with van der Waals surface area (Å²) in [6, 6.07) is 1.74. The number of halogens is 2. The summed E-state index contributed by atoms with van der Waals surface area (Å²) < 4.78 is 5.18. The van der Waals surface area contributed by atoms with Gasteiger partial charge in [-0.3, -0.25) is 0 Å². The number of hydrogen-bond acceptors (Lipinski definition) is 3. The molecule has 6 heteroatoms. The predicted octanol–water partition coefficient (Wildman–Crippen LogP) is 3.23. The van der Waals surface area contributed by atoms with E-state index >= 15 is 0 Å². The monoisotopic (exact) mass is 273 g/mol. The van der Waals surface area contributed by atoms with Crippen molar-refractivity contribution in [3.63, 3.8) is 0 Å². The Balaban J connectivity index is 2.20. The molecule has 2 aromatic rings. The van der Waals surface area contributed by atoms with Gasteiger partial charge in [0, 0.05) is 13.5 Å². The van der Waals surface area contributed by atoms with Crippen LogP contribution in [0.4, 0.5) is 0 Å². The van der Waals surface area contributed by atoms with Crippen molar-refractivity contribution in [2.24, 2.45) is 0 Å². The molecule has 0 saturated heterocycles. The van der Waals surface area contributed by atoms with Gasteiger partial charge in [0.15, 0.2) is 5.65 Å². The molecule has 0 spiro atoms. The molecule has 92 valence electrons. The molecular formula is C11H13Cl2N3O. The maximum Gasteiger partial charge on any atom is 0.179 e. The van der Waals surface area contributed by atoms with Gasteiger partial charge in [0.2, 0.25) is 0 Å². The number of H-pyrrole nitrogens is 1. The van der Waals surface area contributed by atoms with E-state index in [0.29, 0.717) is 10.7 Å². The van der Waals surface area contributed by atoms with Gasteiger partial charge in [0.1, 0.15) is 11.0 Å². The number of hydrogen-bond donors (Lipinski definition) is 1. The summed E-state index contributed by atoms with van der Waals surface area (Å²) in [7, 11) is 1.70. The predicted molar refractivity (Wildman–Crippen MR) is 68.7 cm³/mol. The van der Waals surface area contributed by atoms with Gasteiger partial charge < -0.3 is 9.72 Å². The first kappa shape index (κ1) is 12.6. The number of aryl methyl sites for hydroxylation is 1. The van der Waals surface area contributed by atoms with Crippen molar-refractivity contribution >= 4 is 34.4 Å². The molecule has 2 heterocycles. The van der Waals surface area contributed by atoms with Gasteiger partial charge in [0.05, 0.1) is 16.6 Å². The Morgan fingerprint density at radius 1 is 1.41 bits per heavy atom. The van der Waals surface area contributed by atoms with Crippen LogP contribution in [0.1, 0.15) is 19.2 Å². The minimum Gasteiger partial charge on any atom is -0.382 e. The van der Waals surface area contributed by atoms with Gasteiger partial charge >= 0.3 is 0 Å². The number of ether oxygens (including phenoxy) is 1. The summed E-state index contributed by atoms with van der Waals surface area (Å²) in [6.07, 6.45) is 1.92. The molecule has 17 heavy (non-hydrogen) atoms. The van der Waals surface area contributed by atoms with Gasteiger partial charge in [-0.1, -0.05) is 23.2 Å². The molecule has 2 aromatic heterocycles. The third-order valence-electron chi connectivity index (χ3n) is 2.62. The quantitative estimate of drug-likeness (QED) is 0.871. The normalized spacial score (nSPS) is 13.2. The van der Waals surface area contributed by atoms with E-state index in [1.807, 2.05) is 6.92 Å². The third kappa shape index (κ3) is 2.89. The summed E-state index contributed by atoms with van der Waals surface area (Å²) in [5.41, 5.74) is 1.40. The molecule has 0 aliphatic carbocycles. The first-order valence-electron chi connectivity index (χ1n) is 5.33. The highest BCUT2D eigenvalue weighted by molar-refractivity contribution is 6.41. The molecule has 1 unspecified atom stereocenters. The average molecular weight is 274 g/mol. The van der Waals surface area contributed by atoms with Crippen molar-refractivity contribution < 1.29 is 4.74 Å². The fraction of sp³-hybridized carbons (Fsp3) is 0.455. The van der Waals surface area contributed by atoms with Crippen molar-refractivity contribution in [3.05, 3.63) is 22.1 Å². The van der Waals surface area contributed by atoms with Gasteiger partial charge in [0.25, 0.3) is 0 Å². The maximum atomic E-state index is 5.88. The number of aromatic nitrogens is 3. The van der Waals surface area contributed by atoms with Crippen LogP contribution in [0, 0.1) is 0 Å². The Kier molecular flexibility index (Phi) is 3.86. The molecule has 2 rings (SSSR count). The number of aromatic amines is 1. The van der Waals surface area contributed by atoms with Crippen LogP contribution in [-0.4, -0.2) is 28.2 Å². The molecule has 1 N–H and O–H groups in total. The topological polar surface area (TPSA) is 50.8 Å². The van der Waals surface area contributed by atoms with Crippen LogP contribution < -0.4 is 0 Å². The summed E-state index contributed by atoms with van der Waals surface area (Å²) in [4.78, 5) is 11.6. The molecule has 0 amide bonds. The molecule has 0 fully saturated rings. The van der Waals surface area contributed by atoms with Crippen LogP contribution in [0.15, 0.2) is 6.07 Å². The van der Waals surface area contributed by atoms with E-state index in [9.17, 15) is 0 Å². The van der Waals surface area contributed by atoms with Crippen LogP contribution in [0.5, 0.6) is 0 Å². The van der Waals surface area contributed by atoms with Gasteiger partial charge in [-0.05, 0) is 19.4 Å². The number of imidazole rings is 1. The van der Waals surface area contributed by atoms with Crippen LogP contribution in [0.25, 0.3) is 11.2 Å². The lowest BCUT2D eigenvalue weighted by Gasteiger charge is -2.06. The van der Waals surface area contributed by atoms with E-state index in [1.54, 1.807) is 13.2 Å². The molecule has 1 atom stereocenters. The second-order valence-corrected chi connectivity index (χ2v) is 4.67. The Morgan fingerprint density at radius 3 is 2.88 bits per heavy atom. The van der Waals surface area contributed by atoms with Crippen LogP contribution >= 0.6 is 23.2 Å². The van der Waals surface area contributed by atoms with Gasteiger partial charge in [-0.25, -0.2) is 9.97 Å². The highest BCUT2D eigenvalue weighted by Gasteiger charge is 2.09. The smallest absolute Gasteiger partial charge is 0.179 e. The van der Waals surface area contributed by atoms with Crippen molar-refractivity contribution in [2.45, 2.75) is 25.9 Å². The fourth-order valence-electron chi connectivity index (χ4n) is 1.52. The van der Waals surface area contributed by atoms with E-state index in [0.717, 1.165) is 24.2 Å². The van der Waals surface area contributed by atoms with Gasteiger partial charge in [-0.15, -0.1) is 0 Å². The summed E-state index contributed by atoms with van der Waals surface area (Å²) in [5.74, 6) is 0.870. The highest BCUT2D eigenvalue weighted by atomic mass is 35.5.